The SMILES string of the molecule is N#CC1=C(N)N(c2ncn[nH]2)C2=C(C(=O)CCC2)C1c1ccccc1C(F)(F)F. The van der Waals surface area contributed by atoms with Gasteiger partial charge in [0.15, 0.2) is 5.78 Å². The third kappa shape index (κ3) is 2.95. The van der Waals surface area contributed by atoms with Crippen LogP contribution in [0.1, 0.15) is 36.3 Å². The first-order valence-electron chi connectivity index (χ1n) is 8.82. The summed E-state index contributed by atoms with van der Waals surface area (Å²) in [6.07, 6.45) is -2.29. The quantitative estimate of drug-likeness (QED) is 0.801. The van der Waals surface area contributed by atoms with E-state index in [0.29, 0.717) is 18.5 Å². The molecule has 7 nitrogen and oxygen atoms in total. The lowest BCUT2D eigenvalue weighted by Gasteiger charge is -2.38. The average Bonchev–Trinajstić information content (AvgIpc) is 3.21. The van der Waals surface area contributed by atoms with E-state index in [0.717, 1.165) is 6.07 Å². The van der Waals surface area contributed by atoms with Crippen molar-refractivity contribution in [2.45, 2.75) is 31.4 Å². The van der Waals surface area contributed by atoms with Gasteiger partial charge in [-0.05, 0) is 24.5 Å². The molecule has 0 spiro atoms. The molecule has 3 N–H and O–H groups in total. The molecule has 1 aromatic heterocycles. The molecule has 2 aromatic rings. The maximum atomic E-state index is 13.7. The van der Waals surface area contributed by atoms with E-state index in [4.69, 9.17) is 5.73 Å². The van der Waals surface area contributed by atoms with Crippen LogP contribution in [0.4, 0.5) is 19.1 Å². The van der Waals surface area contributed by atoms with Gasteiger partial charge in [0.25, 0.3) is 0 Å². The highest BCUT2D eigenvalue weighted by Crippen LogP contribution is 2.48. The fourth-order valence-corrected chi connectivity index (χ4v) is 3.95. The summed E-state index contributed by atoms with van der Waals surface area (Å²) in [6, 6.07) is 6.87. The molecule has 0 amide bonds. The Bertz CT molecular complexity index is 1080. The zero-order valence-electron chi connectivity index (χ0n) is 15.0. The number of hydrogen-bond acceptors (Lipinski definition) is 6. The summed E-state index contributed by atoms with van der Waals surface area (Å²) in [7, 11) is 0. The summed E-state index contributed by atoms with van der Waals surface area (Å²) in [5, 5.41) is 16.2. The number of hydrogen-bond donors (Lipinski definition) is 2. The van der Waals surface area contributed by atoms with Gasteiger partial charge in [-0.2, -0.15) is 28.5 Å². The number of benzene rings is 1. The standard InChI is InChI=1S/C19H15F3N6O/c20-19(21,22)12-5-2-1-4-10(12)15-11(8-23)17(24)28(18-25-9-26-27-18)13-6-3-7-14(29)16(13)15/h1-2,4-5,9,15H,3,6-7,24H2,(H,25,26,27). The molecular weight excluding hydrogens is 385 g/mol. The van der Waals surface area contributed by atoms with E-state index in [1.165, 1.54) is 29.4 Å². The monoisotopic (exact) mass is 400 g/mol. The molecule has 1 aromatic carbocycles. The van der Waals surface area contributed by atoms with Crippen molar-refractivity contribution >= 4 is 11.7 Å². The largest absolute Gasteiger partial charge is 0.416 e. The fourth-order valence-electron chi connectivity index (χ4n) is 3.95. The summed E-state index contributed by atoms with van der Waals surface area (Å²) < 4.78 is 41.1. The predicted octanol–water partition coefficient (Wildman–Crippen LogP) is 3.13. The molecule has 1 unspecified atom stereocenters. The maximum Gasteiger partial charge on any atom is 0.416 e. The molecule has 2 aliphatic rings. The Labute approximate surface area is 163 Å². The van der Waals surface area contributed by atoms with Crippen molar-refractivity contribution in [1.29, 1.82) is 5.26 Å². The van der Waals surface area contributed by atoms with Crippen LogP contribution >= 0.6 is 0 Å². The van der Waals surface area contributed by atoms with Crippen molar-refractivity contribution in [3.8, 4) is 6.07 Å². The molecule has 1 aliphatic carbocycles. The van der Waals surface area contributed by atoms with Gasteiger partial charge in [-0.3, -0.25) is 9.69 Å². The predicted molar refractivity (Wildman–Crippen MR) is 95.8 cm³/mol. The Morgan fingerprint density at radius 2 is 2.03 bits per heavy atom. The number of H-pyrrole nitrogens is 1. The van der Waals surface area contributed by atoms with Crippen LogP contribution in [0.25, 0.3) is 0 Å². The van der Waals surface area contributed by atoms with Crippen molar-refractivity contribution in [3.05, 3.63) is 64.4 Å². The number of aromatic amines is 1. The van der Waals surface area contributed by atoms with Crippen LogP contribution in [0, 0.1) is 11.3 Å². The number of ketones is 1. The molecular formula is C19H15F3N6O. The lowest BCUT2D eigenvalue weighted by atomic mass is 9.74. The number of carbonyl (C=O) groups is 1. The number of carbonyl (C=O) groups excluding carboxylic acids is 1. The molecule has 148 valence electrons. The fraction of sp³-hybridized carbons (Fsp3) is 0.263. The summed E-state index contributed by atoms with van der Waals surface area (Å²) in [6.45, 7) is 0. The topological polar surface area (TPSA) is 112 Å². The van der Waals surface area contributed by atoms with Crippen molar-refractivity contribution in [1.82, 2.24) is 15.2 Å². The van der Waals surface area contributed by atoms with Gasteiger partial charge in [-0.25, -0.2) is 5.10 Å². The van der Waals surface area contributed by atoms with Crippen LogP contribution in [0.5, 0.6) is 0 Å². The molecule has 4 rings (SSSR count). The van der Waals surface area contributed by atoms with Gasteiger partial charge in [-0.1, -0.05) is 18.2 Å². The Hall–Kier alpha value is -3.61. The Morgan fingerprint density at radius 3 is 2.69 bits per heavy atom. The molecule has 10 heteroatoms. The normalized spacial score (nSPS) is 20.0. The molecule has 0 saturated carbocycles. The Balaban J connectivity index is 2.01. The van der Waals surface area contributed by atoms with E-state index in [-0.39, 0.29) is 40.7 Å². The smallest absolute Gasteiger partial charge is 0.384 e. The minimum Gasteiger partial charge on any atom is -0.384 e. The number of Topliss-reactive ketones (excluding diaryl/α,β-unsaturated/α-hetero) is 1. The molecule has 0 saturated heterocycles. The first kappa shape index (κ1) is 18.7. The molecule has 1 atom stereocenters. The third-order valence-corrected chi connectivity index (χ3v) is 5.10. The van der Waals surface area contributed by atoms with Crippen LogP contribution in [-0.4, -0.2) is 21.0 Å². The van der Waals surface area contributed by atoms with Crippen LogP contribution in [0.2, 0.25) is 0 Å². The van der Waals surface area contributed by atoms with Crippen molar-refractivity contribution in [2.75, 3.05) is 4.90 Å². The highest BCUT2D eigenvalue weighted by atomic mass is 19.4. The first-order valence-corrected chi connectivity index (χ1v) is 8.82. The zero-order chi connectivity index (χ0) is 20.8. The van der Waals surface area contributed by atoms with E-state index in [1.54, 1.807) is 0 Å². The van der Waals surface area contributed by atoms with E-state index in [9.17, 15) is 23.2 Å². The molecule has 0 radical (unpaired) electrons. The van der Waals surface area contributed by atoms with Crippen molar-refractivity contribution in [3.63, 3.8) is 0 Å². The van der Waals surface area contributed by atoms with E-state index in [2.05, 4.69) is 15.2 Å². The third-order valence-electron chi connectivity index (χ3n) is 5.10. The lowest BCUT2D eigenvalue weighted by Crippen LogP contribution is -2.39. The van der Waals surface area contributed by atoms with Crippen LogP contribution in [0.15, 0.2) is 53.3 Å². The van der Waals surface area contributed by atoms with Gasteiger partial charge in [0, 0.05) is 17.7 Å². The second-order valence-electron chi connectivity index (χ2n) is 6.71. The molecule has 29 heavy (non-hydrogen) atoms. The number of anilines is 1. The van der Waals surface area contributed by atoms with E-state index < -0.39 is 17.7 Å². The Morgan fingerprint density at radius 1 is 1.28 bits per heavy atom. The van der Waals surface area contributed by atoms with Crippen LogP contribution in [-0.2, 0) is 11.0 Å². The molecule has 0 bridgehead atoms. The average molecular weight is 400 g/mol. The minimum absolute atomic E-state index is 0.0697. The molecule has 0 fully saturated rings. The maximum absolute atomic E-state index is 13.7. The summed E-state index contributed by atoms with van der Waals surface area (Å²) in [4.78, 5) is 18.3. The number of nitrogens with one attached hydrogen (secondary N) is 1. The number of alkyl halides is 3. The van der Waals surface area contributed by atoms with Gasteiger partial charge < -0.3 is 5.73 Å². The van der Waals surface area contributed by atoms with Gasteiger partial charge in [0.2, 0.25) is 5.95 Å². The number of nitriles is 1. The van der Waals surface area contributed by atoms with E-state index in [1.807, 2.05) is 6.07 Å². The second-order valence-corrected chi connectivity index (χ2v) is 6.71. The van der Waals surface area contributed by atoms with Crippen molar-refractivity contribution < 1.29 is 18.0 Å². The highest BCUT2D eigenvalue weighted by Gasteiger charge is 2.44. The van der Waals surface area contributed by atoms with Gasteiger partial charge in [0.1, 0.15) is 12.1 Å². The summed E-state index contributed by atoms with van der Waals surface area (Å²) in [5.74, 6) is -1.38. The molecule has 1 aliphatic heterocycles. The first-order chi connectivity index (χ1) is 13.8. The Kier molecular flexibility index (Phi) is 4.38. The number of rotatable bonds is 2. The number of allylic oxidation sites excluding steroid dienone is 3. The van der Waals surface area contributed by atoms with Gasteiger partial charge in [-0.15, -0.1) is 0 Å². The summed E-state index contributed by atoms with van der Waals surface area (Å²) >= 11 is 0. The highest BCUT2D eigenvalue weighted by molar-refractivity contribution is 6.01. The summed E-state index contributed by atoms with van der Waals surface area (Å²) in [5.41, 5.74) is 5.62. The molecule has 2 heterocycles. The van der Waals surface area contributed by atoms with Gasteiger partial charge in [0.05, 0.1) is 23.1 Å². The minimum atomic E-state index is -4.65. The van der Waals surface area contributed by atoms with E-state index >= 15 is 0 Å². The van der Waals surface area contributed by atoms with Crippen molar-refractivity contribution in [2.24, 2.45) is 5.73 Å². The van der Waals surface area contributed by atoms with Crippen LogP contribution < -0.4 is 10.6 Å². The zero-order valence-corrected chi connectivity index (χ0v) is 15.0. The number of nitrogens with two attached hydrogens (primary N) is 1. The number of halogens is 3. The number of nitrogens with zero attached hydrogens (tertiary/aromatic N) is 4. The second kappa shape index (κ2) is 6.77. The number of aromatic nitrogens is 3. The van der Waals surface area contributed by atoms with Gasteiger partial charge >= 0.3 is 6.18 Å². The lowest BCUT2D eigenvalue weighted by molar-refractivity contribution is -0.138. The van der Waals surface area contributed by atoms with Crippen LogP contribution in [0.3, 0.4) is 0 Å².